The van der Waals surface area contributed by atoms with E-state index in [0.717, 1.165) is 23.5 Å². The van der Waals surface area contributed by atoms with Gasteiger partial charge < -0.3 is 19.9 Å². The predicted molar refractivity (Wildman–Crippen MR) is 67.6 cm³/mol. The Morgan fingerprint density at radius 1 is 1.29 bits per heavy atom. The van der Waals surface area contributed by atoms with E-state index in [1.807, 2.05) is 25.1 Å². The zero-order valence-electron chi connectivity index (χ0n) is 10.7. The summed E-state index contributed by atoms with van der Waals surface area (Å²) in [6.07, 6.45) is 0.898. The van der Waals surface area contributed by atoms with Crippen LogP contribution in [0, 0.1) is 0 Å². The van der Waals surface area contributed by atoms with E-state index in [0.29, 0.717) is 6.54 Å². The Labute approximate surface area is 103 Å². The molecule has 1 rings (SSSR count). The molecule has 0 aliphatic rings. The quantitative estimate of drug-likeness (QED) is 0.758. The number of benzene rings is 1. The van der Waals surface area contributed by atoms with Crippen molar-refractivity contribution >= 4 is 0 Å². The number of rotatable bonds is 7. The molecular weight excluding hydrogens is 218 g/mol. The molecular formula is C13H21NO3. The first-order valence-electron chi connectivity index (χ1n) is 5.80. The van der Waals surface area contributed by atoms with Crippen LogP contribution in [0.25, 0.3) is 0 Å². The average Bonchev–Trinajstić information content (AvgIpc) is 2.39. The molecule has 4 heteroatoms. The van der Waals surface area contributed by atoms with Gasteiger partial charge in [-0.15, -0.1) is 0 Å². The van der Waals surface area contributed by atoms with E-state index in [4.69, 9.17) is 14.6 Å². The summed E-state index contributed by atoms with van der Waals surface area (Å²) in [6, 6.07) is 5.85. The fraction of sp³-hybridized carbons (Fsp3) is 0.538. The largest absolute Gasteiger partial charge is 0.497 e. The fourth-order valence-corrected chi connectivity index (χ4v) is 1.59. The molecule has 0 aliphatic heterocycles. The topological polar surface area (TPSA) is 50.7 Å². The Morgan fingerprint density at radius 3 is 2.59 bits per heavy atom. The summed E-state index contributed by atoms with van der Waals surface area (Å²) in [5, 5.41) is 12.4. The van der Waals surface area contributed by atoms with Crippen molar-refractivity contribution in [2.24, 2.45) is 0 Å². The van der Waals surface area contributed by atoms with Crippen molar-refractivity contribution in [3.05, 3.63) is 23.8 Å². The minimum atomic E-state index is 0.127. The monoisotopic (exact) mass is 239 g/mol. The van der Waals surface area contributed by atoms with Crippen molar-refractivity contribution in [2.75, 3.05) is 20.8 Å². The van der Waals surface area contributed by atoms with Crippen LogP contribution < -0.4 is 14.8 Å². The highest BCUT2D eigenvalue weighted by Crippen LogP contribution is 2.24. The Morgan fingerprint density at radius 2 is 2.06 bits per heavy atom. The SMILES string of the molecule is CC[C@@H](CO)NCc1ccc(OC)cc1OC. The highest BCUT2D eigenvalue weighted by molar-refractivity contribution is 5.40. The summed E-state index contributed by atoms with van der Waals surface area (Å²) in [6.45, 7) is 2.86. The van der Waals surface area contributed by atoms with Crippen LogP contribution in [0.1, 0.15) is 18.9 Å². The van der Waals surface area contributed by atoms with E-state index < -0.39 is 0 Å². The van der Waals surface area contributed by atoms with Crippen LogP contribution in [0.3, 0.4) is 0 Å². The molecule has 1 atom stereocenters. The van der Waals surface area contributed by atoms with Gasteiger partial charge in [0.05, 0.1) is 20.8 Å². The molecule has 4 nitrogen and oxygen atoms in total. The number of methoxy groups -OCH3 is 2. The van der Waals surface area contributed by atoms with Crippen molar-refractivity contribution in [1.29, 1.82) is 0 Å². The van der Waals surface area contributed by atoms with E-state index in [2.05, 4.69) is 5.32 Å². The van der Waals surface area contributed by atoms with Gasteiger partial charge in [0, 0.05) is 24.2 Å². The number of nitrogens with one attached hydrogen (secondary N) is 1. The van der Waals surface area contributed by atoms with Crippen LogP contribution in [0.2, 0.25) is 0 Å². The van der Waals surface area contributed by atoms with Gasteiger partial charge in [-0.1, -0.05) is 13.0 Å². The van der Waals surface area contributed by atoms with Gasteiger partial charge in [0.2, 0.25) is 0 Å². The van der Waals surface area contributed by atoms with Crippen molar-refractivity contribution in [1.82, 2.24) is 5.32 Å². The number of ether oxygens (including phenoxy) is 2. The third-order valence-electron chi connectivity index (χ3n) is 2.79. The Balaban J connectivity index is 2.70. The molecule has 0 aliphatic carbocycles. The van der Waals surface area contributed by atoms with Crippen LogP contribution in [0.4, 0.5) is 0 Å². The van der Waals surface area contributed by atoms with Gasteiger partial charge in [0.25, 0.3) is 0 Å². The highest BCUT2D eigenvalue weighted by atomic mass is 16.5. The normalized spacial score (nSPS) is 12.2. The Kier molecular flexibility index (Phi) is 5.80. The maximum Gasteiger partial charge on any atom is 0.127 e. The van der Waals surface area contributed by atoms with E-state index in [9.17, 15) is 0 Å². The average molecular weight is 239 g/mol. The first-order valence-corrected chi connectivity index (χ1v) is 5.80. The lowest BCUT2D eigenvalue weighted by Gasteiger charge is -2.16. The van der Waals surface area contributed by atoms with Gasteiger partial charge in [-0.2, -0.15) is 0 Å². The minimum Gasteiger partial charge on any atom is -0.497 e. The molecule has 0 spiro atoms. The molecule has 0 amide bonds. The van der Waals surface area contributed by atoms with Crippen molar-refractivity contribution < 1.29 is 14.6 Å². The van der Waals surface area contributed by atoms with Crippen molar-refractivity contribution in [3.63, 3.8) is 0 Å². The molecule has 96 valence electrons. The zero-order valence-corrected chi connectivity index (χ0v) is 10.7. The summed E-state index contributed by atoms with van der Waals surface area (Å²) in [4.78, 5) is 0. The molecule has 17 heavy (non-hydrogen) atoms. The molecule has 1 aromatic carbocycles. The van der Waals surface area contributed by atoms with Gasteiger partial charge in [-0.3, -0.25) is 0 Å². The maximum atomic E-state index is 9.10. The van der Waals surface area contributed by atoms with E-state index in [-0.39, 0.29) is 12.6 Å². The zero-order chi connectivity index (χ0) is 12.7. The lowest BCUT2D eigenvalue weighted by Crippen LogP contribution is -2.31. The molecule has 0 bridgehead atoms. The van der Waals surface area contributed by atoms with Crippen LogP contribution in [0.5, 0.6) is 11.5 Å². The predicted octanol–water partition coefficient (Wildman–Crippen LogP) is 1.56. The van der Waals surface area contributed by atoms with Gasteiger partial charge >= 0.3 is 0 Å². The summed E-state index contributed by atoms with van der Waals surface area (Å²) < 4.78 is 10.4. The summed E-state index contributed by atoms with van der Waals surface area (Å²) in [7, 11) is 3.27. The number of aliphatic hydroxyl groups excluding tert-OH is 1. The highest BCUT2D eigenvalue weighted by Gasteiger charge is 2.08. The van der Waals surface area contributed by atoms with Gasteiger partial charge in [0.1, 0.15) is 11.5 Å². The van der Waals surface area contributed by atoms with Gasteiger partial charge in [-0.25, -0.2) is 0 Å². The summed E-state index contributed by atoms with van der Waals surface area (Å²) in [5.74, 6) is 1.57. The van der Waals surface area contributed by atoms with E-state index in [1.54, 1.807) is 14.2 Å². The Hall–Kier alpha value is -1.26. The first-order chi connectivity index (χ1) is 8.24. The van der Waals surface area contributed by atoms with Crippen LogP contribution in [-0.4, -0.2) is 32.0 Å². The van der Waals surface area contributed by atoms with Gasteiger partial charge in [-0.05, 0) is 12.5 Å². The third-order valence-corrected chi connectivity index (χ3v) is 2.79. The second-order valence-corrected chi connectivity index (χ2v) is 3.85. The molecule has 0 aromatic heterocycles. The molecule has 0 unspecified atom stereocenters. The lowest BCUT2D eigenvalue weighted by atomic mass is 10.1. The molecule has 0 saturated heterocycles. The van der Waals surface area contributed by atoms with Gasteiger partial charge in [0.15, 0.2) is 0 Å². The van der Waals surface area contributed by atoms with Crippen LogP contribution in [-0.2, 0) is 6.54 Å². The maximum absolute atomic E-state index is 9.10. The summed E-state index contributed by atoms with van der Waals surface area (Å²) in [5.41, 5.74) is 1.06. The summed E-state index contributed by atoms with van der Waals surface area (Å²) >= 11 is 0. The number of aliphatic hydroxyl groups is 1. The first kappa shape index (κ1) is 13.8. The van der Waals surface area contributed by atoms with E-state index >= 15 is 0 Å². The molecule has 0 radical (unpaired) electrons. The smallest absolute Gasteiger partial charge is 0.127 e. The van der Waals surface area contributed by atoms with Crippen molar-refractivity contribution in [3.8, 4) is 11.5 Å². The minimum absolute atomic E-state index is 0.127. The molecule has 0 saturated carbocycles. The van der Waals surface area contributed by atoms with Crippen LogP contribution >= 0.6 is 0 Å². The molecule has 2 N–H and O–H groups in total. The number of hydrogen-bond donors (Lipinski definition) is 2. The third kappa shape index (κ3) is 3.91. The Bertz CT molecular complexity index is 337. The van der Waals surface area contributed by atoms with Crippen molar-refractivity contribution in [2.45, 2.75) is 25.9 Å². The standard InChI is InChI=1S/C13H21NO3/c1-4-11(9-15)14-8-10-5-6-12(16-2)7-13(10)17-3/h5-7,11,14-15H,4,8-9H2,1-3H3/t11-/m0/s1. The molecule has 1 aromatic rings. The molecule has 0 fully saturated rings. The fourth-order valence-electron chi connectivity index (χ4n) is 1.59. The van der Waals surface area contributed by atoms with Crippen LogP contribution in [0.15, 0.2) is 18.2 Å². The van der Waals surface area contributed by atoms with E-state index in [1.165, 1.54) is 0 Å². The lowest BCUT2D eigenvalue weighted by molar-refractivity contribution is 0.238. The molecule has 0 heterocycles. The number of hydrogen-bond acceptors (Lipinski definition) is 4. The second kappa shape index (κ2) is 7.14. The second-order valence-electron chi connectivity index (χ2n) is 3.85.